The Morgan fingerprint density at radius 2 is 2.00 bits per heavy atom. The van der Waals surface area contributed by atoms with Crippen molar-refractivity contribution in [3.63, 3.8) is 0 Å². The highest BCUT2D eigenvalue weighted by Gasteiger charge is 2.06. The van der Waals surface area contributed by atoms with Crippen LogP contribution in [0.15, 0.2) is 30.3 Å². The molecule has 5 heteroatoms. The van der Waals surface area contributed by atoms with Gasteiger partial charge in [-0.05, 0) is 31.2 Å². The molecule has 1 aromatic carbocycles. The van der Waals surface area contributed by atoms with Crippen LogP contribution in [0.25, 0.3) is 0 Å². The third-order valence-electron chi connectivity index (χ3n) is 2.17. The Morgan fingerprint density at radius 1 is 1.22 bits per heavy atom. The third kappa shape index (κ3) is 2.92. The summed E-state index contributed by atoms with van der Waals surface area (Å²) in [6.45, 7) is 1.79. The number of aryl methyl sites for hydroxylation is 1. The molecule has 0 radical (unpaired) electrons. The summed E-state index contributed by atoms with van der Waals surface area (Å²) in [7, 11) is 0. The molecule has 0 atom stereocenters. The summed E-state index contributed by atoms with van der Waals surface area (Å²) in [5.41, 5.74) is 1.19. The lowest BCUT2D eigenvalue weighted by Gasteiger charge is -2.07. The van der Waals surface area contributed by atoms with Gasteiger partial charge < -0.3 is 4.74 Å². The maximum absolute atomic E-state index is 8.87. The second kappa shape index (κ2) is 5.26. The number of hydrogen-bond acceptors (Lipinski definition) is 3. The molecule has 3 nitrogen and oxygen atoms in total. The Kier molecular flexibility index (Phi) is 3.71. The SMILES string of the molecule is Cc1cc(C#N)cc(Oc2ccc(Cl)cc2Cl)n1. The zero-order valence-corrected chi connectivity index (χ0v) is 11.0. The van der Waals surface area contributed by atoms with E-state index < -0.39 is 0 Å². The van der Waals surface area contributed by atoms with E-state index >= 15 is 0 Å². The smallest absolute Gasteiger partial charge is 0.220 e. The van der Waals surface area contributed by atoms with E-state index in [0.29, 0.717) is 32.9 Å². The predicted octanol–water partition coefficient (Wildman–Crippen LogP) is 4.36. The van der Waals surface area contributed by atoms with Crippen molar-refractivity contribution in [1.82, 2.24) is 4.98 Å². The van der Waals surface area contributed by atoms with E-state index in [1.165, 1.54) is 0 Å². The second-order valence-electron chi connectivity index (χ2n) is 3.62. The van der Waals surface area contributed by atoms with Gasteiger partial charge in [0.2, 0.25) is 5.88 Å². The van der Waals surface area contributed by atoms with Crippen molar-refractivity contribution in [2.45, 2.75) is 6.92 Å². The quantitative estimate of drug-likeness (QED) is 0.820. The number of hydrogen-bond donors (Lipinski definition) is 0. The maximum atomic E-state index is 8.87. The first-order valence-electron chi connectivity index (χ1n) is 5.10. The van der Waals surface area contributed by atoms with Crippen LogP contribution in [0, 0.1) is 18.3 Å². The number of aromatic nitrogens is 1. The average molecular weight is 279 g/mol. The molecule has 0 bridgehead atoms. The molecule has 0 amide bonds. The third-order valence-corrected chi connectivity index (χ3v) is 2.70. The summed E-state index contributed by atoms with van der Waals surface area (Å²) >= 11 is 11.8. The minimum absolute atomic E-state index is 0.329. The largest absolute Gasteiger partial charge is 0.437 e. The number of nitriles is 1. The molecule has 18 heavy (non-hydrogen) atoms. The molecule has 1 aromatic heterocycles. The molecule has 0 unspecified atom stereocenters. The van der Waals surface area contributed by atoms with Crippen molar-refractivity contribution in [3.05, 3.63) is 51.6 Å². The van der Waals surface area contributed by atoms with Gasteiger partial charge in [-0.2, -0.15) is 5.26 Å². The normalized spacial score (nSPS) is 9.89. The first-order valence-corrected chi connectivity index (χ1v) is 5.86. The number of pyridine rings is 1. The summed E-state index contributed by atoms with van der Waals surface area (Å²) in [5.74, 6) is 0.777. The van der Waals surface area contributed by atoms with Crippen molar-refractivity contribution in [2.24, 2.45) is 0 Å². The molecule has 0 aliphatic carbocycles. The summed E-state index contributed by atoms with van der Waals surface area (Å²) in [5, 5.41) is 9.79. The molecular formula is C13H8Cl2N2O. The lowest BCUT2D eigenvalue weighted by molar-refractivity contribution is 0.462. The first-order chi connectivity index (χ1) is 8.58. The lowest BCUT2D eigenvalue weighted by Crippen LogP contribution is -1.92. The molecule has 2 rings (SSSR count). The van der Waals surface area contributed by atoms with E-state index in [-0.39, 0.29) is 0 Å². The van der Waals surface area contributed by atoms with Gasteiger partial charge in [0, 0.05) is 16.8 Å². The van der Waals surface area contributed by atoms with Crippen molar-refractivity contribution in [3.8, 4) is 17.7 Å². The maximum Gasteiger partial charge on any atom is 0.220 e. The van der Waals surface area contributed by atoms with Crippen molar-refractivity contribution >= 4 is 23.2 Å². The molecule has 0 spiro atoms. The number of rotatable bonds is 2. The fourth-order valence-corrected chi connectivity index (χ4v) is 1.87. The minimum Gasteiger partial charge on any atom is -0.437 e. The van der Waals surface area contributed by atoms with Crippen LogP contribution >= 0.6 is 23.2 Å². The van der Waals surface area contributed by atoms with Gasteiger partial charge in [-0.15, -0.1) is 0 Å². The molecule has 1 heterocycles. The Hall–Kier alpha value is -1.76. The fraction of sp³-hybridized carbons (Fsp3) is 0.0769. The van der Waals surface area contributed by atoms with Crippen LogP contribution in [0.5, 0.6) is 11.6 Å². The average Bonchev–Trinajstić information content (AvgIpc) is 2.32. The lowest BCUT2D eigenvalue weighted by atomic mass is 10.2. The van der Waals surface area contributed by atoms with Crippen molar-refractivity contribution in [2.75, 3.05) is 0 Å². The summed E-state index contributed by atoms with van der Waals surface area (Å²) in [6, 6.07) is 10.2. The van der Waals surface area contributed by atoms with Gasteiger partial charge in [0.1, 0.15) is 5.75 Å². The van der Waals surface area contributed by atoms with E-state index in [1.807, 2.05) is 6.07 Å². The van der Waals surface area contributed by atoms with Gasteiger partial charge in [-0.1, -0.05) is 23.2 Å². The number of ether oxygens (including phenoxy) is 1. The van der Waals surface area contributed by atoms with Gasteiger partial charge >= 0.3 is 0 Å². The van der Waals surface area contributed by atoms with Crippen molar-refractivity contribution in [1.29, 1.82) is 5.26 Å². The Morgan fingerprint density at radius 3 is 2.67 bits per heavy atom. The number of halogens is 2. The van der Waals surface area contributed by atoms with Gasteiger partial charge in [-0.25, -0.2) is 4.98 Å². The van der Waals surface area contributed by atoms with E-state index in [2.05, 4.69) is 4.98 Å². The molecule has 90 valence electrons. The zero-order valence-electron chi connectivity index (χ0n) is 9.45. The molecule has 0 N–H and O–H groups in total. The number of nitrogens with zero attached hydrogens (tertiary/aromatic N) is 2. The highest BCUT2D eigenvalue weighted by Crippen LogP contribution is 2.31. The highest BCUT2D eigenvalue weighted by atomic mass is 35.5. The molecule has 0 saturated carbocycles. The standard InChI is InChI=1S/C13H8Cl2N2O/c1-8-4-9(7-16)5-13(17-8)18-12-3-2-10(14)6-11(12)15/h2-6H,1H3. The Balaban J connectivity index is 2.34. The summed E-state index contributed by atoms with van der Waals surface area (Å²) in [4.78, 5) is 4.18. The van der Waals surface area contributed by atoms with Gasteiger partial charge in [0.25, 0.3) is 0 Å². The number of benzene rings is 1. The Bertz CT molecular complexity index is 635. The molecule has 0 aliphatic rings. The minimum atomic E-state index is 0.329. The fourth-order valence-electron chi connectivity index (χ4n) is 1.43. The van der Waals surface area contributed by atoms with E-state index in [4.69, 9.17) is 33.2 Å². The highest BCUT2D eigenvalue weighted by molar-refractivity contribution is 6.35. The molecule has 2 aromatic rings. The van der Waals surface area contributed by atoms with Crippen molar-refractivity contribution < 1.29 is 4.74 Å². The summed E-state index contributed by atoms with van der Waals surface area (Å²) < 4.78 is 5.53. The van der Waals surface area contributed by atoms with Gasteiger partial charge in [-0.3, -0.25) is 0 Å². The van der Waals surface area contributed by atoms with Gasteiger partial charge in [0.05, 0.1) is 16.7 Å². The van der Waals surface area contributed by atoms with Crippen LogP contribution in [-0.4, -0.2) is 4.98 Å². The first kappa shape index (κ1) is 12.7. The van der Waals surface area contributed by atoms with Crippen LogP contribution in [0.4, 0.5) is 0 Å². The van der Waals surface area contributed by atoms with Crippen LogP contribution in [0.1, 0.15) is 11.3 Å². The van der Waals surface area contributed by atoms with E-state index in [0.717, 1.165) is 0 Å². The summed E-state index contributed by atoms with van der Waals surface area (Å²) in [6.07, 6.45) is 0. The van der Waals surface area contributed by atoms with E-state index in [9.17, 15) is 0 Å². The molecule has 0 aliphatic heterocycles. The second-order valence-corrected chi connectivity index (χ2v) is 4.47. The van der Waals surface area contributed by atoms with Crippen LogP contribution in [0.3, 0.4) is 0 Å². The molecule has 0 saturated heterocycles. The van der Waals surface area contributed by atoms with Crippen LogP contribution in [-0.2, 0) is 0 Å². The van der Waals surface area contributed by atoms with Crippen LogP contribution in [0.2, 0.25) is 10.0 Å². The van der Waals surface area contributed by atoms with Crippen LogP contribution < -0.4 is 4.74 Å². The Labute approximate surface area is 115 Å². The molecular weight excluding hydrogens is 271 g/mol. The van der Waals surface area contributed by atoms with E-state index in [1.54, 1.807) is 37.3 Å². The molecule has 0 fully saturated rings. The monoisotopic (exact) mass is 278 g/mol. The predicted molar refractivity (Wildman–Crippen MR) is 70.2 cm³/mol. The van der Waals surface area contributed by atoms with Gasteiger partial charge in [0.15, 0.2) is 0 Å². The zero-order chi connectivity index (χ0) is 13.1. The topological polar surface area (TPSA) is 45.9 Å².